The normalized spacial score (nSPS) is 14.3. The fourth-order valence-electron chi connectivity index (χ4n) is 2.58. The summed E-state index contributed by atoms with van der Waals surface area (Å²) in [5, 5.41) is 4.13. The van der Waals surface area contributed by atoms with E-state index >= 15 is 0 Å². The molecule has 0 amide bonds. The summed E-state index contributed by atoms with van der Waals surface area (Å²) >= 11 is 3.21. The Morgan fingerprint density at radius 3 is 1.50 bits per heavy atom. The number of furan rings is 4. The lowest BCUT2D eigenvalue weighted by atomic mass is 10.3. The van der Waals surface area contributed by atoms with Gasteiger partial charge in [-0.1, -0.05) is 11.8 Å². The van der Waals surface area contributed by atoms with Gasteiger partial charge in [0.25, 0.3) is 0 Å². The van der Waals surface area contributed by atoms with Crippen LogP contribution >= 0.6 is 23.5 Å². The van der Waals surface area contributed by atoms with Gasteiger partial charge in [0.2, 0.25) is 0 Å². The average molecular weight is 380 g/mol. The Labute approximate surface area is 157 Å². The summed E-state index contributed by atoms with van der Waals surface area (Å²) in [6, 6.07) is 15.2. The summed E-state index contributed by atoms with van der Waals surface area (Å²) in [6.45, 7) is 0. The molecule has 5 heterocycles. The Morgan fingerprint density at radius 2 is 1.04 bits per heavy atom. The third-order valence-electron chi connectivity index (χ3n) is 3.80. The second kappa shape index (κ2) is 6.55. The van der Waals surface area contributed by atoms with E-state index in [1.165, 1.54) is 0 Å². The first kappa shape index (κ1) is 15.5. The van der Waals surface area contributed by atoms with Crippen LogP contribution in [0, 0.1) is 0 Å². The van der Waals surface area contributed by atoms with Crippen molar-refractivity contribution >= 4 is 33.3 Å². The summed E-state index contributed by atoms with van der Waals surface area (Å²) in [7, 11) is 0. The summed E-state index contributed by atoms with van der Waals surface area (Å²) in [4.78, 5) is 2.06. The molecule has 0 aromatic carbocycles. The molecule has 0 unspecified atom stereocenters. The molecule has 1 aliphatic rings. The van der Waals surface area contributed by atoms with Gasteiger partial charge >= 0.3 is 0 Å². The molecule has 5 rings (SSSR count). The van der Waals surface area contributed by atoms with E-state index in [-0.39, 0.29) is 0 Å². The topological polar surface area (TPSA) is 52.6 Å². The summed E-state index contributed by atoms with van der Waals surface area (Å²) in [5.41, 5.74) is 0. The van der Waals surface area contributed by atoms with Crippen molar-refractivity contribution in [1.29, 1.82) is 0 Å². The highest BCUT2D eigenvalue weighted by molar-refractivity contribution is 8.20. The highest BCUT2D eigenvalue weighted by Crippen LogP contribution is 2.47. The SMILES string of the molecule is C1=C(c2ccc(-c3ccco3)o2)SC(c2ccc(-c3ccco3)o2)=CS1. The Balaban J connectivity index is 1.37. The second-order valence-electron chi connectivity index (χ2n) is 5.48. The van der Waals surface area contributed by atoms with Gasteiger partial charge in [-0.05, 0) is 59.3 Å². The Bertz CT molecular complexity index is 992. The van der Waals surface area contributed by atoms with Crippen LogP contribution < -0.4 is 0 Å². The molecule has 0 bridgehead atoms. The predicted molar refractivity (Wildman–Crippen MR) is 104 cm³/mol. The average Bonchev–Trinajstić information content (AvgIpc) is 3.49. The van der Waals surface area contributed by atoms with Crippen LogP contribution in [-0.2, 0) is 0 Å². The molecule has 1 aliphatic heterocycles. The van der Waals surface area contributed by atoms with E-state index < -0.39 is 0 Å². The van der Waals surface area contributed by atoms with Gasteiger partial charge in [-0.2, -0.15) is 0 Å². The van der Waals surface area contributed by atoms with Gasteiger partial charge in [0, 0.05) is 0 Å². The zero-order valence-electron chi connectivity index (χ0n) is 13.4. The third-order valence-corrected chi connectivity index (χ3v) is 5.92. The summed E-state index contributed by atoms with van der Waals surface area (Å²) in [5.74, 6) is 4.47. The highest BCUT2D eigenvalue weighted by Gasteiger charge is 2.19. The van der Waals surface area contributed by atoms with Crippen LogP contribution in [0.15, 0.2) is 89.5 Å². The van der Waals surface area contributed by atoms with E-state index in [4.69, 9.17) is 17.7 Å². The van der Waals surface area contributed by atoms with Crippen molar-refractivity contribution < 1.29 is 17.7 Å². The maximum atomic E-state index is 5.95. The van der Waals surface area contributed by atoms with Crippen molar-refractivity contribution in [3.8, 4) is 23.0 Å². The van der Waals surface area contributed by atoms with Gasteiger partial charge in [0.15, 0.2) is 23.0 Å². The first-order chi connectivity index (χ1) is 12.9. The number of rotatable bonds is 4. The molecule has 0 fully saturated rings. The zero-order valence-corrected chi connectivity index (χ0v) is 15.0. The van der Waals surface area contributed by atoms with Crippen molar-refractivity contribution in [2.24, 2.45) is 0 Å². The number of hydrogen-bond donors (Lipinski definition) is 0. The molecule has 6 heteroatoms. The maximum Gasteiger partial charge on any atom is 0.170 e. The van der Waals surface area contributed by atoms with Crippen molar-refractivity contribution in [3.63, 3.8) is 0 Å². The molecule has 0 spiro atoms. The fourth-order valence-corrected chi connectivity index (χ4v) is 4.51. The minimum atomic E-state index is 0.714. The first-order valence-corrected chi connectivity index (χ1v) is 9.64. The quantitative estimate of drug-likeness (QED) is 0.374. The van der Waals surface area contributed by atoms with Gasteiger partial charge in [-0.15, -0.1) is 11.8 Å². The second-order valence-corrected chi connectivity index (χ2v) is 7.31. The van der Waals surface area contributed by atoms with Crippen LogP contribution in [0.5, 0.6) is 0 Å². The van der Waals surface area contributed by atoms with E-state index in [1.807, 2.05) is 48.5 Å². The minimum absolute atomic E-state index is 0.714. The molecular formula is C20H12O4S2. The molecule has 0 radical (unpaired) electrons. The van der Waals surface area contributed by atoms with Crippen LogP contribution in [-0.4, -0.2) is 0 Å². The zero-order chi connectivity index (χ0) is 17.3. The van der Waals surface area contributed by atoms with E-state index in [2.05, 4.69) is 10.8 Å². The first-order valence-electron chi connectivity index (χ1n) is 7.89. The van der Waals surface area contributed by atoms with Crippen molar-refractivity contribution in [1.82, 2.24) is 0 Å². The van der Waals surface area contributed by atoms with Crippen molar-refractivity contribution in [3.05, 3.63) is 83.4 Å². The van der Waals surface area contributed by atoms with Gasteiger partial charge < -0.3 is 17.7 Å². The Hall–Kier alpha value is -2.70. The Morgan fingerprint density at radius 1 is 0.538 bits per heavy atom. The number of hydrogen-bond acceptors (Lipinski definition) is 6. The van der Waals surface area contributed by atoms with Crippen LogP contribution in [0.4, 0.5) is 0 Å². The monoisotopic (exact) mass is 380 g/mol. The lowest BCUT2D eigenvalue weighted by Gasteiger charge is -2.10. The van der Waals surface area contributed by atoms with Gasteiger partial charge in [0.1, 0.15) is 11.5 Å². The molecule has 0 atom stereocenters. The minimum Gasteiger partial charge on any atom is -0.461 e. The smallest absolute Gasteiger partial charge is 0.170 e. The largest absolute Gasteiger partial charge is 0.461 e. The van der Waals surface area contributed by atoms with Crippen LogP contribution in [0.1, 0.15) is 11.5 Å². The van der Waals surface area contributed by atoms with Crippen LogP contribution in [0.25, 0.3) is 32.9 Å². The van der Waals surface area contributed by atoms with Crippen LogP contribution in [0.3, 0.4) is 0 Å². The van der Waals surface area contributed by atoms with Crippen molar-refractivity contribution in [2.45, 2.75) is 0 Å². The van der Waals surface area contributed by atoms with E-state index in [9.17, 15) is 0 Å². The lowest BCUT2D eigenvalue weighted by molar-refractivity contribution is 0.518. The van der Waals surface area contributed by atoms with Gasteiger partial charge in [-0.25, -0.2) is 0 Å². The number of thioether (sulfide) groups is 2. The molecule has 26 heavy (non-hydrogen) atoms. The lowest BCUT2D eigenvalue weighted by Crippen LogP contribution is -1.82. The van der Waals surface area contributed by atoms with Crippen molar-refractivity contribution in [2.75, 3.05) is 0 Å². The third kappa shape index (κ3) is 2.87. The summed E-state index contributed by atoms with van der Waals surface area (Å²) < 4.78 is 22.7. The Kier molecular flexibility index (Phi) is 3.92. The fraction of sp³-hybridized carbons (Fsp3) is 0. The van der Waals surface area contributed by atoms with E-state index in [1.54, 1.807) is 36.1 Å². The highest BCUT2D eigenvalue weighted by atomic mass is 32.2. The molecule has 128 valence electrons. The van der Waals surface area contributed by atoms with E-state index in [0.29, 0.717) is 11.5 Å². The maximum absolute atomic E-state index is 5.95. The van der Waals surface area contributed by atoms with Gasteiger partial charge in [-0.3, -0.25) is 0 Å². The predicted octanol–water partition coefficient (Wildman–Crippen LogP) is 7.17. The standard InChI is InChI=1S/C20H12O4S2/c1-3-13(21-9-1)15-5-7-17(23-15)19-11-25-12-20(26-19)18-8-6-16(24-18)14-4-2-10-22-14/h1-12H. The molecule has 0 saturated heterocycles. The molecule has 4 aromatic rings. The molecule has 4 aromatic heterocycles. The molecule has 0 saturated carbocycles. The molecular weight excluding hydrogens is 368 g/mol. The molecule has 4 nitrogen and oxygen atoms in total. The van der Waals surface area contributed by atoms with Crippen LogP contribution in [0.2, 0.25) is 0 Å². The van der Waals surface area contributed by atoms with Gasteiger partial charge in [0.05, 0.1) is 22.3 Å². The molecule has 0 aliphatic carbocycles. The summed E-state index contributed by atoms with van der Waals surface area (Å²) in [6.07, 6.45) is 3.27. The van der Waals surface area contributed by atoms with E-state index in [0.717, 1.165) is 32.9 Å². The molecule has 0 N–H and O–H groups in total.